The second kappa shape index (κ2) is 14.2. The Bertz CT molecular complexity index is 1390. The van der Waals surface area contributed by atoms with Gasteiger partial charge in [-0.25, -0.2) is 9.59 Å². The predicted octanol–water partition coefficient (Wildman–Crippen LogP) is 6.70. The summed E-state index contributed by atoms with van der Waals surface area (Å²) in [7, 11) is 1.79. The maximum absolute atomic E-state index is 13.4. The van der Waals surface area contributed by atoms with Crippen molar-refractivity contribution in [2.75, 3.05) is 20.1 Å². The standard InChI is InChI=1S/C34H38ClN3O4/c1-23(2)42-33(40)31-24(3)36-34(41)38(32(31)27-17-11-18-28(35)21-27)20-12-19-37(4)30(39)22-29(25-13-7-5-8-14-25)26-15-9-6-10-16-26/h5-11,13-18,21,23,29,32H,12,19-20,22H2,1-4H3,(H,36,41). The number of carbonyl (C=O) groups excluding carboxylic acids is 3. The van der Waals surface area contributed by atoms with Crippen LogP contribution < -0.4 is 5.32 Å². The molecule has 1 aliphatic heterocycles. The van der Waals surface area contributed by atoms with Crippen molar-refractivity contribution < 1.29 is 19.1 Å². The van der Waals surface area contributed by atoms with E-state index >= 15 is 0 Å². The highest BCUT2D eigenvalue weighted by Crippen LogP contribution is 2.36. The molecule has 0 fully saturated rings. The average molecular weight is 588 g/mol. The maximum atomic E-state index is 13.4. The summed E-state index contributed by atoms with van der Waals surface area (Å²) >= 11 is 6.31. The monoisotopic (exact) mass is 587 g/mol. The Labute approximate surface area is 253 Å². The summed E-state index contributed by atoms with van der Waals surface area (Å²) in [4.78, 5) is 43.2. The first-order chi connectivity index (χ1) is 20.2. The number of amides is 3. The number of carbonyl (C=O) groups is 3. The first-order valence-electron chi connectivity index (χ1n) is 14.2. The van der Waals surface area contributed by atoms with Gasteiger partial charge < -0.3 is 19.9 Å². The van der Waals surface area contributed by atoms with Gasteiger partial charge in [-0.3, -0.25) is 4.79 Å². The van der Waals surface area contributed by atoms with Crippen LogP contribution in [0.3, 0.4) is 0 Å². The van der Waals surface area contributed by atoms with E-state index in [4.69, 9.17) is 16.3 Å². The van der Waals surface area contributed by atoms with Gasteiger partial charge in [-0.05, 0) is 56.0 Å². The molecule has 3 amide bonds. The zero-order chi connectivity index (χ0) is 30.2. The Hall–Kier alpha value is -4.10. The lowest BCUT2D eigenvalue weighted by Crippen LogP contribution is -2.49. The summed E-state index contributed by atoms with van der Waals surface area (Å²) in [5.41, 5.74) is 3.70. The molecular formula is C34H38ClN3O4. The van der Waals surface area contributed by atoms with Gasteiger partial charge in [-0.1, -0.05) is 84.4 Å². The second-order valence-electron chi connectivity index (χ2n) is 10.8. The molecule has 7 nitrogen and oxygen atoms in total. The number of hydrogen-bond donors (Lipinski definition) is 1. The number of nitrogens with one attached hydrogen (secondary N) is 1. The highest BCUT2D eigenvalue weighted by Gasteiger charge is 2.38. The summed E-state index contributed by atoms with van der Waals surface area (Å²) in [6, 6.07) is 26.2. The largest absolute Gasteiger partial charge is 0.459 e. The fourth-order valence-corrected chi connectivity index (χ4v) is 5.50. The molecule has 0 aliphatic carbocycles. The van der Waals surface area contributed by atoms with Crippen molar-refractivity contribution in [3.05, 3.63) is 118 Å². The van der Waals surface area contributed by atoms with E-state index < -0.39 is 12.0 Å². The third-order valence-corrected chi connectivity index (χ3v) is 7.61. The Morgan fingerprint density at radius 3 is 2.17 bits per heavy atom. The number of allylic oxidation sites excluding steroid dienone is 1. The minimum Gasteiger partial charge on any atom is -0.459 e. The van der Waals surface area contributed by atoms with Crippen LogP contribution in [0.25, 0.3) is 0 Å². The number of nitrogens with zero attached hydrogens (tertiary/aromatic N) is 2. The SMILES string of the molecule is CC1=C(C(=O)OC(C)C)C(c2cccc(Cl)c2)N(CCCN(C)C(=O)CC(c2ccccc2)c2ccccc2)C(=O)N1. The van der Waals surface area contributed by atoms with Crippen molar-refractivity contribution in [2.24, 2.45) is 0 Å². The van der Waals surface area contributed by atoms with E-state index in [9.17, 15) is 14.4 Å². The Kier molecular flexibility index (Phi) is 10.4. The number of ether oxygens (including phenoxy) is 1. The van der Waals surface area contributed by atoms with Gasteiger partial charge in [0, 0.05) is 43.2 Å². The van der Waals surface area contributed by atoms with Crippen LogP contribution in [0.4, 0.5) is 4.79 Å². The predicted molar refractivity (Wildman–Crippen MR) is 165 cm³/mol. The molecule has 8 heteroatoms. The number of benzene rings is 3. The van der Waals surface area contributed by atoms with Crippen molar-refractivity contribution in [3.63, 3.8) is 0 Å². The molecule has 0 bridgehead atoms. The summed E-state index contributed by atoms with van der Waals surface area (Å²) in [5.74, 6) is -0.540. The fraction of sp³-hybridized carbons (Fsp3) is 0.324. The van der Waals surface area contributed by atoms with Gasteiger partial charge in [0.15, 0.2) is 0 Å². The lowest BCUT2D eigenvalue weighted by atomic mass is 9.88. The van der Waals surface area contributed by atoms with Gasteiger partial charge in [0.05, 0.1) is 17.7 Å². The number of rotatable bonds is 11. The molecule has 0 spiro atoms. The number of hydrogen-bond acceptors (Lipinski definition) is 4. The zero-order valence-corrected chi connectivity index (χ0v) is 25.3. The van der Waals surface area contributed by atoms with E-state index in [0.717, 1.165) is 11.1 Å². The van der Waals surface area contributed by atoms with Gasteiger partial charge in [0.1, 0.15) is 0 Å². The summed E-state index contributed by atoms with van der Waals surface area (Å²) in [6.07, 6.45) is 0.520. The van der Waals surface area contributed by atoms with E-state index in [-0.39, 0.29) is 24.0 Å². The Morgan fingerprint density at radius 1 is 0.976 bits per heavy atom. The van der Waals surface area contributed by atoms with E-state index in [1.165, 1.54) is 0 Å². The van der Waals surface area contributed by atoms with Crippen molar-refractivity contribution in [3.8, 4) is 0 Å². The van der Waals surface area contributed by atoms with Gasteiger partial charge >= 0.3 is 12.0 Å². The lowest BCUT2D eigenvalue weighted by molar-refractivity contribution is -0.143. The molecule has 3 aromatic carbocycles. The van der Waals surface area contributed by atoms with Crippen molar-refractivity contribution >= 4 is 29.5 Å². The first kappa shape index (κ1) is 30.8. The normalized spacial score (nSPS) is 15.2. The molecule has 220 valence electrons. The van der Waals surface area contributed by atoms with Crippen LogP contribution in [0, 0.1) is 0 Å². The van der Waals surface area contributed by atoms with Crippen molar-refractivity contribution in [1.29, 1.82) is 0 Å². The number of halogens is 1. The molecule has 42 heavy (non-hydrogen) atoms. The molecule has 1 heterocycles. The van der Waals surface area contributed by atoms with E-state index in [2.05, 4.69) is 5.32 Å². The highest BCUT2D eigenvalue weighted by atomic mass is 35.5. The van der Waals surface area contributed by atoms with E-state index in [0.29, 0.717) is 47.8 Å². The lowest BCUT2D eigenvalue weighted by Gasteiger charge is -2.38. The quantitative estimate of drug-likeness (QED) is 0.253. The van der Waals surface area contributed by atoms with Crippen LogP contribution in [-0.2, 0) is 14.3 Å². The molecule has 1 N–H and O–H groups in total. The third-order valence-electron chi connectivity index (χ3n) is 7.37. The topological polar surface area (TPSA) is 79.0 Å². The first-order valence-corrected chi connectivity index (χ1v) is 14.6. The molecule has 1 atom stereocenters. The molecular weight excluding hydrogens is 550 g/mol. The molecule has 0 saturated heterocycles. The molecule has 4 rings (SSSR count). The maximum Gasteiger partial charge on any atom is 0.338 e. The highest BCUT2D eigenvalue weighted by molar-refractivity contribution is 6.30. The van der Waals surface area contributed by atoms with Crippen LogP contribution in [0.5, 0.6) is 0 Å². The van der Waals surface area contributed by atoms with Crippen LogP contribution in [0.1, 0.15) is 62.3 Å². The van der Waals surface area contributed by atoms with Gasteiger partial charge in [0.2, 0.25) is 5.91 Å². The van der Waals surface area contributed by atoms with Crippen molar-refractivity contribution in [1.82, 2.24) is 15.1 Å². The minimum absolute atomic E-state index is 0.0131. The van der Waals surface area contributed by atoms with Crippen LogP contribution in [-0.4, -0.2) is 53.9 Å². The molecule has 0 saturated carbocycles. The molecule has 1 aliphatic rings. The third kappa shape index (κ3) is 7.59. The Balaban J connectivity index is 1.49. The second-order valence-corrected chi connectivity index (χ2v) is 11.3. The fourth-order valence-electron chi connectivity index (χ4n) is 5.31. The Morgan fingerprint density at radius 2 is 1.60 bits per heavy atom. The molecule has 1 unspecified atom stereocenters. The number of esters is 1. The summed E-state index contributed by atoms with van der Waals surface area (Å²) in [5, 5.41) is 3.33. The smallest absolute Gasteiger partial charge is 0.338 e. The zero-order valence-electron chi connectivity index (χ0n) is 24.5. The molecule has 3 aromatic rings. The van der Waals surface area contributed by atoms with Crippen LogP contribution in [0.15, 0.2) is 96.2 Å². The van der Waals surface area contributed by atoms with E-state index in [1.54, 1.807) is 55.8 Å². The van der Waals surface area contributed by atoms with Crippen LogP contribution in [0.2, 0.25) is 5.02 Å². The van der Waals surface area contributed by atoms with Gasteiger partial charge in [-0.15, -0.1) is 0 Å². The van der Waals surface area contributed by atoms with Gasteiger partial charge in [0.25, 0.3) is 0 Å². The van der Waals surface area contributed by atoms with Crippen molar-refractivity contribution in [2.45, 2.75) is 51.7 Å². The number of urea groups is 1. The molecule has 0 radical (unpaired) electrons. The minimum atomic E-state index is -0.676. The van der Waals surface area contributed by atoms with E-state index in [1.807, 2.05) is 66.7 Å². The molecule has 0 aromatic heterocycles. The summed E-state index contributed by atoms with van der Waals surface area (Å²) in [6.45, 7) is 6.03. The van der Waals surface area contributed by atoms with Gasteiger partial charge in [-0.2, -0.15) is 0 Å². The van der Waals surface area contributed by atoms with Crippen LogP contribution >= 0.6 is 11.6 Å². The average Bonchev–Trinajstić information content (AvgIpc) is 2.97. The summed E-state index contributed by atoms with van der Waals surface area (Å²) < 4.78 is 5.55.